The molecule has 10 heteroatoms. The zero-order valence-corrected chi connectivity index (χ0v) is 13.0. The maximum absolute atomic E-state index is 11.8. The number of carbonyl (C=O) groups excluding carboxylic acids is 3. The molecule has 0 unspecified atom stereocenters. The number of anilines is 1. The van der Waals surface area contributed by atoms with E-state index in [2.05, 4.69) is 5.32 Å². The smallest absolute Gasteiger partial charge is 0.338 e. The minimum absolute atomic E-state index is 0.0990. The minimum atomic E-state index is -0.945. The zero-order valence-electron chi connectivity index (χ0n) is 13.0. The fourth-order valence-corrected chi connectivity index (χ4v) is 1.63. The molecule has 1 aromatic rings. The van der Waals surface area contributed by atoms with Crippen molar-refractivity contribution in [3.8, 4) is 0 Å². The van der Waals surface area contributed by atoms with E-state index in [0.29, 0.717) is 6.54 Å². The number of nitrogen functional groups attached to an aromatic ring is 1. The molecule has 0 aromatic heterocycles. The van der Waals surface area contributed by atoms with Crippen molar-refractivity contribution in [1.82, 2.24) is 10.6 Å². The van der Waals surface area contributed by atoms with Crippen molar-refractivity contribution in [2.45, 2.75) is 19.8 Å². The van der Waals surface area contributed by atoms with Crippen molar-refractivity contribution in [2.24, 2.45) is 0 Å². The normalized spacial score (nSPS) is 9.88. The Kier molecular flexibility index (Phi) is 7.14. The van der Waals surface area contributed by atoms with Crippen LogP contribution in [0.25, 0.3) is 0 Å². The first-order chi connectivity index (χ1) is 11.3. The van der Waals surface area contributed by atoms with Gasteiger partial charge in [0.15, 0.2) is 6.61 Å². The lowest BCUT2D eigenvalue weighted by atomic mass is 10.2. The van der Waals surface area contributed by atoms with Gasteiger partial charge in [-0.3, -0.25) is 20.2 Å². The Bertz CT molecular complexity index is 646. The number of amides is 3. The SMILES string of the molecule is CCCCNC(=O)NC(=O)COC(=O)c1ccc(N)c([N+](=O)[O-])c1. The van der Waals surface area contributed by atoms with Crippen molar-refractivity contribution >= 4 is 29.3 Å². The largest absolute Gasteiger partial charge is 0.452 e. The van der Waals surface area contributed by atoms with Gasteiger partial charge in [-0.2, -0.15) is 0 Å². The summed E-state index contributed by atoms with van der Waals surface area (Å²) in [5, 5.41) is 15.2. The number of urea groups is 1. The summed E-state index contributed by atoms with van der Waals surface area (Å²) < 4.78 is 4.70. The van der Waals surface area contributed by atoms with E-state index >= 15 is 0 Å². The Morgan fingerprint density at radius 2 is 2.04 bits per heavy atom. The molecule has 0 aliphatic heterocycles. The highest BCUT2D eigenvalue weighted by Crippen LogP contribution is 2.22. The highest BCUT2D eigenvalue weighted by atomic mass is 16.6. The number of nitrogens with two attached hydrogens (primary N) is 1. The minimum Gasteiger partial charge on any atom is -0.452 e. The van der Waals surface area contributed by atoms with Gasteiger partial charge in [-0.15, -0.1) is 0 Å². The van der Waals surface area contributed by atoms with Crippen LogP contribution in [0.5, 0.6) is 0 Å². The molecule has 1 aromatic carbocycles. The molecule has 24 heavy (non-hydrogen) atoms. The number of hydrogen-bond acceptors (Lipinski definition) is 7. The summed E-state index contributed by atoms with van der Waals surface area (Å²) in [5.41, 5.74) is 4.75. The number of nitrogens with one attached hydrogen (secondary N) is 2. The Hall–Kier alpha value is -3.17. The number of nitrogens with zero attached hydrogens (tertiary/aromatic N) is 1. The summed E-state index contributed by atoms with van der Waals surface area (Å²) >= 11 is 0. The van der Waals surface area contributed by atoms with E-state index in [1.165, 1.54) is 12.1 Å². The lowest BCUT2D eigenvalue weighted by Crippen LogP contribution is -2.41. The van der Waals surface area contributed by atoms with E-state index in [9.17, 15) is 24.5 Å². The van der Waals surface area contributed by atoms with Crippen LogP contribution in [-0.4, -0.2) is 36.0 Å². The summed E-state index contributed by atoms with van der Waals surface area (Å²) in [6.45, 7) is 1.68. The fraction of sp³-hybridized carbons (Fsp3) is 0.357. The van der Waals surface area contributed by atoms with Gasteiger partial charge >= 0.3 is 12.0 Å². The first-order valence-corrected chi connectivity index (χ1v) is 7.13. The van der Waals surface area contributed by atoms with Crippen LogP contribution in [0, 0.1) is 10.1 Å². The maximum Gasteiger partial charge on any atom is 0.338 e. The Balaban J connectivity index is 2.51. The average molecular weight is 338 g/mol. The molecule has 1 rings (SSSR count). The molecule has 0 spiro atoms. The van der Waals surface area contributed by atoms with Crippen molar-refractivity contribution in [1.29, 1.82) is 0 Å². The van der Waals surface area contributed by atoms with E-state index in [-0.39, 0.29) is 11.3 Å². The molecule has 4 N–H and O–H groups in total. The maximum atomic E-state index is 11.8. The third-order valence-corrected chi connectivity index (χ3v) is 2.87. The molecule has 10 nitrogen and oxygen atoms in total. The van der Waals surface area contributed by atoms with E-state index in [1.807, 2.05) is 12.2 Å². The number of benzene rings is 1. The van der Waals surface area contributed by atoms with Gasteiger partial charge in [-0.25, -0.2) is 9.59 Å². The number of nitro benzene ring substituents is 1. The third kappa shape index (κ3) is 5.91. The molecule has 3 amide bonds. The quantitative estimate of drug-likeness (QED) is 0.220. The molecular weight excluding hydrogens is 320 g/mol. The molecule has 130 valence electrons. The number of ether oxygens (including phenoxy) is 1. The summed E-state index contributed by atoms with van der Waals surface area (Å²) in [5.74, 6) is -1.76. The van der Waals surface area contributed by atoms with Crippen molar-refractivity contribution in [3.05, 3.63) is 33.9 Å². The Labute approximate surface area is 137 Å². The van der Waals surface area contributed by atoms with Gasteiger partial charge < -0.3 is 15.8 Å². The number of nitro groups is 1. The highest BCUT2D eigenvalue weighted by Gasteiger charge is 2.17. The van der Waals surface area contributed by atoms with Crippen molar-refractivity contribution in [2.75, 3.05) is 18.9 Å². The topological polar surface area (TPSA) is 154 Å². The van der Waals surface area contributed by atoms with Crippen LogP contribution in [0.2, 0.25) is 0 Å². The number of esters is 1. The van der Waals surface area contributed by atoms with Crippen LogP contribution in [-0.2, 0) is 9.53 Å². The van der Waals surface area contributed by atoms with Gasteiger partial charge in [-0.1, -0.05) is 13.3 Å². The van der Waals surface area contributed by atoms with E-state index < -0.39 is 35.1 Å². The predicted molar refractivity (Wildman–Crippen MR) is 84.2 cm³/mol. The van der Waals surface area contributed by atoms with Crippen molar-refractivity contribution < 1.29 is 24.0 Å². The van der Waals surface area contributed by atoms with Gasteiger partial charge in [-0.05, 0) is 18.6 Å². The first kappa shape index (κ1) is 18.9. The molecule has 0 aliphatic carbocycles. The monoisotopic (exact) mass is 338 g/mol. The van der Waals surface area contributed by atoms with Crippen LogP contribution in [0.1, 0.15) is 30.1 Å². The van der Waals surface area contributed by atoms with Crippen LogP contribution in [0.15, 0.2) is 18.2 Å². The van der Waals surface area contributed by atoms with Gasteiger partial charge in [0.25, 0.3) is 11.6 Å². The molecule has 0 heterocycles. The van der Waals surface area contributed by atoms with Gasteiger partial charge in [0.05, 0.1) is 10.5 Å². The molecule has 0 radical (unpaired) electrons. The first-order valence-electron chi connectivity index (χ1n) is 7.13. The van der Waals surface area contributed by atoms with Crippen molar-refractivity contribution in [3.63, 3.8) is 0 Å². The standard InChI is InChI=1S/C14H18N4O6/c1-2-3-6-16-14(21)17-12(19)8-24-13(20)9-4-5-10(15)11(7-9)18(22)23/h4-5,7H,2-3,6,8,15H2,1H3,(H2,16,17,19,21). The highest BCUT2D eigenvalue weighted by molar-refractivity contribution is 5.97. The fourth-order valence-electron chi connectivity index (χ4n) is 1.63. The molecule has 0 saturated heterocycles. The number of unbranched alkanes of at least 4 members (excludes halogenated alkanes) is 1. The van der Waals surface area contributed by atoms with Crippen LogP contribution < -0.4 is 16.4 Å². The third-order valence-electron chi connectivity index (χ3n) is 2.87. The molecule has 0 fully saturated rings. The Morgan fingerprint density at radius 1 is 1.33 bits per heavy atom. The Morgan fingerprint density at radius 3 is 2.67 bits per heavy atom. The lowest BCUT2D eigenvalue weighted by Gasteiger charge is -2.07. The molecule has 0 atom stereocenters. The summed E-state index contributed by atoms with van der Waals surface area (Å²) in [7, 11) is 0. The summed E-state index contributed by atoms with van der Waals surface area (Å²) in [6.07, 6.45) is 1.66. The van der Waals surface area contributed by atoms with Gasteiger partial charge in [0.2, 0.25) is 0 Å². The second-order valence-electron chi connectivity index (χ2n) is 4.76. The molecular formula is C14H18N4O6. The number of rotatable bonds is 7. The summed E-state index contributed by atoms with van der Waals surface area (Å²) in [6, 6.07) is 2.69. The second-order valence-corrected chi connectivity index (χ2v) is 4.76. The van der Waals surface area contributed by atoms with Gasteiger partial charge in [0, 0.05) is 12.6 Å². The lowest BCUT2D eigenvalue weighted by molar-refractivity contribution is -0.383. The zero-order chi connectivity index (χ0) is 18.1. The molecule has 0 saturated carbocycles. The van der Waals surface area contributed by atoms with E-state index in [0.717, 1.165) is 18.9 Å². The van der Waals surface area contributed by atoms with Gasteiger partial charge in [0.1, 0.15) is 5.69 Å². The predicted octanol–water partition coefficient (Wildman–Crippen LogP) is 0.960. The number of imide groups is 1. The van der Waals surface area contributed by atoms with E-state index in [1.54, 1.807) is 0 Å². The van der Waals surface area contributed by atoms with Crippen LogP contribution in [0.3, 0.4) is 0 Å². The van der Waals surface area contributed by atoms with Crippen LogP contribution in [0.4, 0.5) is 16.2 Å². The molecule has 0 aliphatic rings. The molecule has 0 bridgehead atoms. The number of carbonyl (C=O) groups is 3. The van der Waals surface area contributed by atoms with Crippen LogP contribution >= 0.6 is 0 Å². The second kappa shape index (κ2) is 9.08. The van der Waals surface area contributed by atoms with E-state index in [4.69, 9.17) is 10.5 Å². The number of hydrogen-bond donors (Lipinski definition) is 3. The summed E-state index contributed by atoms with van der Waals surface area (Å²) in [4.78, 5) is 44.6. The average Bonchev–Trinajstić information content (AvgIpc) is 2.53.